The first kappa shape index (κ1) is 21.1. The number of hydrogen-bond donors (Lipinski definition) is 0. The molecular formula is C18H22P2WY. The van der Waals surface area contributed by atoms with E-state index >= 15 is 0 Å². The van der Waals surface area contributed by atoms with Crippen LogP contribution in [0.5, 0.6) is 0 Å². The molecule has 0 N–H and O–H groups in total. The second-order valence-corrected chi connectivity index (χ2v) is 7.56. The first-order valence-corrected chi connectivity index (χ1v) is 10.4. The molecular weight excluding hydrogens is 551 g/mol. The van der Waals surface area contributed by atoms with Gasteiger partial charge in [0.25, 0.3) is 0 Å². The largest absolute Gasteiger partial charge is 0.0933 e. The SMILES string of the molecule is CPc1cc2ccc1CCc1ccc(c(PC)c1)CC2.[W].[Y]. The predicted octanol–water partition coefficient (Wildman–Crippen LogP) is 3.43. The molecule has 0 aromatic heterocycles. The quantitative estimate of drug-likeness (QED) is 0.484. The maximum atomic E-state index is 2.45. The molecule has 113 valence electrons. The Hall–Kier alpha value is 1.09. The van der Waals surface area contributed by atoms with Gasteiger partial charge in [-0.2, -0.15) is 0 Å². The fraction of sp³-hybridized carbons (Fsp3) is 0.333. The molecule has 0 saturated carbocycles. The van der Waals surface area contributed by atoms with Crippen LogP contribution in [0.3, 0.4) is 0 Å². The third-order valence-corrected chi connectivity index (χ3v) is 6.26. The summed E-state index contributed by atoms with van der Waals surface area (Å²) < 4.78 is 0. The van der Waals surface area contributed by atoms with Crippen molar-refractivity contribution in [3.8, 4) is 0 Å². The van der Waals surface area contributed by atoms with Crippen LogP contribution < -0.4 is 10.6 Å². The number of rotatable bonds is 2. The molecule has 0 amide bonds. The Balaban J connectivity index is 0.00000121. The third-order valence-electron chi connectivity index (χ3n) is 4.25. The van der Waals surface area contributed by atoms with Crippen LogP contribution in [0.2, 0.25) is 0 Å². The van der Waals surface area contributed by atoms with E-state index in [0.717, 1.165) is 17.2 Å². The van der Waals surface area contributed by atoms with Gasteiger partial charge in [-0.05, 0) is 71.9 Å². The van der Waals surface area contributed by atoms with Gasteiger partial charge < -0.3 is 0 Å². The smallest absolute Gasteiger partial charge is 0 e. The average Bonchev–Trinajstić information content (AvgIpc) is 2.49. The minimum Gasteiger partial charge on any atom is -0.0933 e. The zero-order valence-electron chi connectivity index (χ0n) is 13.3. The van der Waals surface area contributed by atoms with Crippen molar-refractivity contribution in [3.63, 3.8) is 0 Å². The van der Waals surface area contributed by atoms with Crippen LogP contribution in [0.1, 0.15) is 22.3 Å². The van der Waals surface area contributed by atoms with E-state index in [4.69, 9.17) is 0 Å². The molecule has 0 nitrogen and oxygen atoms in total. The minimum absolute atomic E-state index is 0. The first-order chi connectivity index (χ1) is 9.80. The molecule has 0 fully saturated rings. The van der Waals surface area contributed by atoms with Crippen molar-refractivity contribution in [2.45, 2.75) is 25.7 Å². The molecule has 4 bridgehead atoms. The van der Waals surface area contributed by atoms with Gasteiger partial charge in [0.05, 0.1) is 0 Å². The number of hydrogen-bond acceptors (Lipinski definition) is 0. The second kappa shape index (κ2) is 10.2. The van der Waals surface area contributed by atoms with E-state index in [0.29, 0.717) is 0 Å². The van der Waals surface area contributed by atoms with Gasteiger partial charge in [-0.15, -0.1) is 0 Å². The molecule has 2 aromatic carbocycles. The monoisotopic (exact) mass is 573 g/mol. The van der Waals surface area contributed by atoms with Crippen LogP contribution in [-0.2, 0) is 79.5 Å². The molecule has 2 unspecified atom stereocenters. The second-order valence-electron chi connectivity index (χ2n) is 5.48. The molecule has 0 spiro atoms. The predicted molar refractivity (Wildman–Crippen MR) is 95.4 cm³/mol. The average molecular weight is 573 g/mol. The molecule has 22 heavy (non-hydrogen) atoms. The van der Waals surface area contributed by atoms with Crippen LogP contribution in [0.4, 0.5) is 0 Å². The molecule has 4 aliphatic carbocycles. The van der Waals surface area contributed by atoms with Gasteiger partial charge in [0.1, 0.15) is 0 Å². The summed E-state index contributed by atoms with van der Waals surface area (Å²) in [5.41, 5.74) is 6.13. The molecule has 0 heterocycles. The summed E-state index contributed by atoms with van der Waals surface area (Å²) in [6, 6.07) is 14.3. The molecule has 0 aliphatic heterocycles. The van der Waals surface area contributed by atoms with E-state index in [9.17, 15) is 0 Å². The standard InChI is InChI=1S/C18H22P2.W.Y/c1-19-17-11-13-3-7-15(17)9-5-14-4-8-16(10-6-13)18(12-14)20-2;;/h3-4,7-8,11-12,19-20H,5-6,9-10H2,1-2H3;;. The Kier molecular flexibility index (Phi) is 9.77. The van der Waals surface area contributed by atoms with Crippen LogP contribution in [0.25, 0.3) is 0 Å². The topological polar surface area (TPSA) is 0 Å². The van der Waals surface area contributed by atoms with E-state index in [1.165, 1.54) is 36.8 Å². The number of aryl methyl sites for hydroxylation is 4. The summed E-state index contributed by atoms with van der Waals surface area (Å²) in [4.78, 5) is 0. The van der Waals surface area contributed by atoms with Gasteiger partial charge in [-0.3, -0.25) is 0 Å². The van der Waals surface area contributed by atoms with Gasteiger partial charge in [-0.1, -0.05) is 53.6 Å². The van der Waals surface area contributed by atoms with E-state index < -0.39 is 0 Å². The summed E-state index contributed by atoms with van der Waals surface area (Å²) in [7, 11) is 1.82. The van der Waals surface area contributed by atoms with E-state index in [-0.39, 0.29) is 53.8 Å². The summed E-state index contributed by atoms with van der Waals surface area (Å²) >= 11 is 0. The number of benzene rings is 2. The van der Waals surface area contributed by atoms with Gasteiger partial charge in [0.15, 0.2) is 0 Å². The van der Waals surface area contributed by atoms with Crippen LogP contribution in [-0.4, -0.2) is 13.3 Å². The van der Waals surface area contributed by atoms with Crippen molar-refractivity contribution in [1.29, 1.82) is 0 Å². The molecule has 4 aliphatic rings. The van der Waals surface area contributed by atoms with Crippen LogP contribution in [0, 0.1) is 0 Å². The van der Waals surface area contributed by atoms with Crippen molar-refractivity contribution in [3.05, 3.63) is 58.7 Å². The summed E-state index contributed by atoms with van der Waals surface area (Å²) in [5, 5.41) is 3.16. The molecule has 4 heteroatoms. The molecule has 1 radical (unpaired) electrons. The van der Waals surface area contributed by atoms with Crippen LogP contribution in [0.15, 0.2) is 36.4 Å². The Morgan fingerprint density at radius 3 is 1.45 bits per heavy atom. The molecule has 2 aromatic rings. The molecule has 2 atom stereocenters. The Morgan fingerprint density at radius 1 is 0.682 bits per heavy atom. The van der Waals surface area contributed by atoms with Crippen molar-refractivity contribution in [2.24, 2.45) is 0 Å². The van der Waals surface area contributed by atoms with Crippen molar-refractivity contribution in [2.75, 3.05) is 13.3 Å². The fourth-order valence-corrected chi connectivity index (χ4v) is 4.74. The summed E-state index contributed by atoms with van der Waals surface area (Å²) in [5.74, 6) is 0. The molecule has 0 saturated heterocycles. The maximum Gasteiger partial charge on any atom is 0 e. The summed E-state index contributed by atoms with van der Waals surface area (Å²) in [6.07, 6.45) is 4.72. The minimum atomic E-state index is 0. The fourth-order valence-electron chi connectivity index (χ4n) is 3.02. The van der Waals surface area contributed by atoms with Gasteiger partial charge >= 0.3 is 0 Å². The normalized spacial score (nSPS) is 13.9. The Labute approximate surface area is 177 Å². The van der Waals surface area contributed by atoms with Crippen LogP contribution >= 0.6 is 17.2 Å². The summed E-state index contributed by atoms with van der Waals surface area (Å²) in [6.45, 7) is 4.61. The van der Waals surface area contributed by atoms with Gasteiger partial charge in [0, 0.05) is 53.8 Å². The maximum absolute atomic E-state index is 2.45. The van der Waals surface area contributed by atoms with Crippen molar-refractivity contribution >= 4 is 27.8 Å². The third kappa shape index (κ3) is 5.04. The van der Waals surface area contributed by atoms with Crippen molar-refractivity contribution in [1.82, 2.24) is 0 Å². The van der Waals surface area contributed by atoms with Crippen molar-refractivity contribution < 1.29 is 53.8 Å². The first-order valence-electron chi connectivity index (χ1n) is 7.39. The Bertz CT molecular complexity index is 573. The zero-order chi connectivity index (χ0) is 13.9. The van der Waals surface area contributed by atoms with Gasteiger partial charge in [0.2, 0.25) is 0 Å². The van der Waals surface area contributed by atoms with E-state index in [1.807, 2.05) is 0 Å². The van der Waals surface area contributed by atoms with E-state index in [2.05, 4.69) is 49.7 Å². The Morgan fingerprint density at radius 2 is 1.09 bits per heavy atom. The molecule has 6 rings (SSSR count). The van der Waals surface area contributed by atoms with Gasteiger partial charge in [-0.25, -0.2) is 0 Å². The zero-order valence-corrected chi connectivity index (χ0v) is 21.0. The van der Waals surface area contributed by atoms with E-state index in [1.54, 1.807) is 21.7 Å².